The summed E-state index contributed by atoms with van der Waals surface area (Å²) in [5, 5.41) is 2.98. The van der Waals surface area contributed by atoms with Crippen LogP contribution in [0.3, 0.4) is 0 Å². The zero-order valence-corrected chi connectivity index (χ0v) is 13.4. The van der Waals surface area contributed by atoms with Crippen LogP contribution in [-0.4, -0.2) is 70.9 Å². The summed E-state index contributed by atoms with van der Waals surface area (Å²) in [6, 6.07) is -0.0735. The lowest BCUT2D eigenvalue weighted by Crippen LogP contribution is -2.58. The fourth-order valence-electron chi connectivity index (χ4n) is 3.25. The molecule has 0 saturated carbocycles. The van der Waals surface area contributed by atoms with Crippen LogP contribution < -0.4 is 5.32 Å². The maximum absolute atomic E-state index is 11.8. The molecular formula is C13H24N2O5S. The van der Waals surface area contributed by atoms with Crippen LogP contribution in [0, 0.1) is 5.41 Å². The van der Waals surface area contributed by atoms with E-state index in [1.807, 2.05) is 0 Å². The van der Waals surface area contributed by atoms with Crippen molar-refractivity contribution in [2.24, 2.45) is 5.41 Å². The molecule has 2 aliphatic heterocycles. The van der Waals surface area contributed by atoms with Gasteiger partial charge >= 0.3 is 0 Å². The second-order valence-electron chi connectivity index (χ2n) is 5.90. The van der Waals surface area contributed by atoms with Crippen molar-refractivity contribution in [3.63, 3.8) is 0 Å². The van der Waals surface area contributed by atoms with Crippen molar-refractivity contribution in [1.29, 1.82) is 0 Å². The highest BCUT2D eigenvalue weighted by Gasteiger charge is 2.45. The number of rotatable bonds is 4. The SMILES string of the molecule is COCC(=O)NC1COCCC12CCN(S(C)(=O)=O)CC2. The molecule has 2 saturated heterocycles. The Hall–Kier alpha value is -0.700. The quantitative estimate of drug-likeness (QED) is 0.760. The van der Waals surface area contributed by atoms with Crippen LogP contribution in [0.25, 0.3) is 0 Å². The van der Waals surface area contributed by atoms with Gasteiger partial charge in [0.25, 0.3) is 0 Å². The second kappa shape index (κ2) is 6.60. The third-order valence-corrected chi connectivity index (χ3v) is 5.87. The van der Waals surface area contributed by atoms with E-state index in [2.05, 4.69) is 5.32 Å². The number of hydrogen-bond donors (Lipinski definition) is 1. The first-order valence-corrected chi connectivity index (χ1v) is 9.03. The summed E-state index contributed by atoms with van der Waals surface area (Å²) in [7, 11) is -1.65. The summed E-state index contributed by atoms with van der Waals surface area (Å²) in [5.41, 5.74) is -0.0666. The highest BCUT2D eigenvalue weighted by molar-refractivity contribution is 7.88. The van der Waals surface area contributed by atoms with E-state index in [0.717, 1.165) is 19.3 Å². The molecule has 7 nitrogen and oxygen atoms in total. The molecule has 2 heterocycles. The van der Waals surface area contributed by atoms with Gasteiger partial charge in [0.1, 0.15) is 6.61 Å². The maximum Gasteiger partial charge on any atom is 0.246 e. The van der Waals surface area contributed by atoms with Crippen molar-refractivity contribution in [3.8, 4) is 0 Å². The Morgan fingerprint density at radius 2 is 2.05 bits per heavy atom. The highest BCUT2D eigenvalue weighted by Crippen LogP contribution is 2.41. The Morgan fingerprint density at radius 3 is 2.62 bits per heavy atom. The lowest BCUT2D eigenvalue weighted by atomic mass is 9.69. The summed E-state index contributed by atoms with van der Waals surface area (Å²) in [6.45, 7) is 2.19. The molecule has 8 heteroatoms. The number of carbonyl (C=O) groups excluding carboxylic acids is 1. The van der Waals surface area contributed by atoms with Crippen molar-refractivity contribution in [2.75, 3.05) is 46.3 Å². The molecule has 21 heavy (non-hydrogen) atoms. The Morgan fingerprint density at radius 1 is 1.38 bits per heavy atom. The monoisotopic (exact) mass is 320 g/mol. The van der Waals surface area contributed by atoms with Gasteiger partial charge in [-0.3, -0.25) is 4.79 Å². The first kappa shape index (κ1) is 16.7. The van der Waals surface area contributed by atoms with Crippen molar-refractivity contribution in [1.82, 2.24) is 9.62 Å². The Bertz CT molecular complexity index is 471. The maximum atomic E-state index is 11.8. The van der Waals surface area contributed by atoms with Gasteiger partial charge in [-0.25, -0.2) is 12.7 Å². The number of nitrogens with zero attached hydrogens (tertiary/aromatic N) is 1. The van der Waals surface area contributed by atoms with Crippen LogP contribution in [0.1, 0.15) is 19.3 Å². The third kappa shape index (κ3) is 3.94. The molecule has 0 aromatic carbocycles. The minimum absolute atomic E-state index is 0.0298. The van der Waals surface area contributed by atoms with Gasteiger partial charge in [-0.1, -0.05) is 0 Å². The number of nitrogens with one attached hydrogen (secondary N) is 1. The summed E-state index contributed by atoms with van der Waals surface area (Å²) in [4.78, 5) is 11.8. The molecular weight excluding hydrogens is 296 g/mol. The van der Waals surface area contributed by atoms with Gasteiger partial charge < -0.3 is 14.8 Å². The third-order valence-electron chi connectivity index (χ3n) is 4.57. The number of sulfonamides is 1. The van der Waals surface area contributed by atoms with E-state index in [0.29, 0.717) is 26.3 Å². The van der Waals surface area contributed by atoms with Crippen molar-refractivity contribution in [2.45, 2.75) is 25.3 Å². The predicted octanol–water partition coefficient (Wildman–Crippen LogP) is -0.420. The molecule has 0 aliphatic carbocycles. The fourth-order valence-corrected chi connectivity index (χ4v) is 4.10. The first-order valence-electron chi connectivity index (χ1n) is 7.18. The largest absolute Gasteiger partial charge is 0.379 e. The van der Waals surface area contributed by atoms with Crippen molar-refractivity contribution in [3.05, 3.63) is 0 Å². The number of amides is 1. The lowest BCUT2D eigenvalue weighted by Gasteiger charge is -2.48. The van der Waals surface area contributed by atoms with Gasteiger partial charge in [0.15, 0.2) is 0 Å². The van der Waals surface area contributed by atoms with E-state index < -0.39 is 10.0 Å². The number of piperidine rings is 1. The number of ether oxygens (including phenoxy) is 2. The van der Waals surface area contributed by atoms with Gasteiger partial charge in [0.2, 0.25) is 15.9 Å². The zero-order valence-electron chi connectivity index (χ0n) is 12.6. The smallest absolute Gasteiger partial charge is 0.246 e. The fraction of sp³-hybridized carbons (Fsp3) is 0.923. The van der Waals surface area contributed by atoms with E-state index in [-0.39, 0.29) is 24.0 Å². The summed E-state index contributed by atoms with van der Waals surface area (Å²) < 4.78 is 35.1. The second-order valence-corrected chi connectivity index (χ2v) is 7.88. The number of hydrogen-bond acceptors (Lipinski definition) is 5. The van der Waals surface area contributed by atoms with Crippen molar-refractivity contribution >= 4 is 15.9 Å². The van der Waals surface area contributed by atoms with Crippen molar-refractivity contribution < 1.29 is 22.7 Å². The minimum atomic E-state index is -3.14. The molecule has 2 aliphatic rings. The average Bonchev–Trinajstić information content (AvgIpc) is 2.41. The minimum Gasteiger partial charge on any atom is -0.379 e. The highest BCUT2D eigenvalue weighted by atomic mass is 32.2. The van der Waals surface area contributed by atoms with E-state index in [9.17, 15) is 13.2 Å². The molecule has 0 bridgehead atoms. The van der Waals surface area contributed by atoms with Crippen LogP contribution in [0.2, 0.25) is 0 Å². The van der Waals surface area contributed by atoms with Crippen LogP contribution in [-0.2, 0) is 24.3 Å². The van der Waals surface area contributed by atoms with Gasteiger partial charge in [0, 0.05) is 26.8 Å². The topological polar surface area (TPSA) is 84.9 Å². The number of carbonyl (C=O) groups is 1. The van der Waals surface area contributed by atoms with Gasteiger partial charge in [-0.05, 0) is 24.7 Å². The summed E-state index contributed by atoms with van der Waals surface area (Å²) >= 11 is 0. The Kier molecular flexibility index (Phi) is 5.24. The molecule has 2 fully saturated rings. The molecule has 0 aromatic rings. The van der Waals surface area contributed by atoms with Crippen LogP contribution >= 0.6 is 0 Å². The predicted molar refractivity (Wildman–Crippen MR) is 77.3 cm³/mol. The van der Waals surface area contributed by atoms with E-state index in [1.165, 1.54) is 17.7 Å². The molecule has 1 unspecified atom stereocenters. The average molecular weight is 320 g/mol. The molecule has 1 amide bonds. The van der Waals surface area contributed by atoms with E-state index >= 15 is 0 Å². The summed E-state index contributed by atoms with van der Waals surface area (Å²) in [6.07, 6.45) is 3.60. The molecule has 0 aromatic heterocycles. The molecule has 122 valence electrons. The molecule has 1 atom stereocenters. The Balaban J connectivity index is 2.03. The first-order chi connectivity index (χ1) is 9.87. The Labute approximate surface area is 126 Å². The molecule has 2 rings (SSSR count). The van der Waals surface area contributed by atoms with Gasteiger partial charge in [0.05, 0.1) is 18.9 Å². The van der Waals surface area contributed by atoms with Crippen LogP contribution in [0.5, 0.6) is 0 Å². The molecule has 1 spiro atoms. The molecule has 0 radical (unpaired) electrons. The van der Waals surface area contributed by atoms with E-state index in [1.54, 1.807) is 0 Å². The number of methoxy groups -OCH3 is 1. The van der Waals surface area contributed by atoms with Gasteiger partial charge in [-0.15, -0.1) is 0 Å². The van der Waals surface area contributed by atoms with Gasteiger partial charge in [-0.2, -0.15) is 0 Å². The van der Waals surface area contributed by atoms with Crippen LogP contribution in [0.15, 0.2) is 0 Å². The normalized spacial score (nSPS) is 26.7. The van der Waals surface area contributed by atoms with E-state index in [4.69, 9.17) is 9.47 Å². The molecule has 1 N–H and O–H groups in total. The standard InChI is InChI=1S/C13H24N2O5S/c1-19-10-12(16)14-11-9-20-8-5-13(11)3-6-15(7-4-13)21(2,17)18/h11H,3-10H2,1-2H3,(H,14,16). The zero-order chi connectivity index (χ0) is 15.5. The summed E-state index contributed by atoms with van der Waals surface area (Å²) in [5.74, 6) is -0.155. The lowest BCUT2D eigenvalue weighted by molar-refractivity contribution is -0.129. The van der Waals surface area contributed by atoms with Crippen LogP contribution in [0.4, 0.5) is 0 Å².